The van der Waals surface area contributed by atoms with Gasteiger partial charge in [0.25, 0.3) is 0 Å². The first kappa shape index (κ1) is 22.2. The van der Waals surface area contributed by atoms with Crippen molar-refractivity contribution < 1.29 is 18.0 Å². The molecule has 3 heterocycles. The molecule has 1 unspecified atom stereocenters. The van der Waals surface area contributed by atoms with Gasteiger partial charge in [-0.15, -0.1) is 0 Å². The van der Waals surface area contributed by atoms with Gasteiger partial charge in [0, 0.05) is 45.3 Å². The van der Waals surface area contributed by atoms with Gasteiger partial charge in [-0.05, 0) is 36.8 Å². The lowest BCUT2D eigenvalue weighted by Crippen LogP contribution is -2.52. The van der Waals surface area contributed by atoms with E-state index in [-0.39, 0.29) is 11.9 Å². The van der Waals surface area contributed by atoms with E-state index in [2.05, 4.69) is 25.2 Å². The molecule has 7 nitrogen and oxygen atoms in total. The Morgan fingerprint density at radius 2 is 2.09 bits per heavy atom. The molecular formula is C21H22ClF3N6O. The Balaban J connectivity index is 1.48. The second-order valence-corrected chi connectivity index (χ2v) is 8.24. The van der Waals surface area contributed by atoms with E-state index in [4.69, 9.17) is 11.6 Å². The number of hydrogen-bond donors (Lipinski definition) is 2. The molecule has 0 radical (unpaired) electrons. The van der Waals surface area contributed by atoms with Crippen LogP contribution in [0.15, 0.2) is 30.5 Å². The predicted octanol–water partition coefficient (Wildman–Crippen LogP) is 3.98. The number of carbonyl (C=O) groups is 1. The van der Waals surface area contributed by atoms with Crippen molar-refractivity contribution >= 4 is 40.3 Å². The summed E-state index contributed by atoms with van der Waals surface area (Å²) in [5, 5.41) is 3.21. The Bertz CT molecular complexity index is 1150. The number of carbonyl (C=O) groups excluding carboxylic acids is 1. The van der Waals surface area contributed by atoms with Crippen molar-refractivity contribution in [2.24, 2.45) is 0 Å². The number of alkyl halides is 3. The highest BCUT2D eigenvalue weighted by Gasteiger charge is 2.31. The lowest BCUT2D eigenvalue weighted by Gasteiger charge is -2.40. The molecule has 2 aromatic heterocycles. The number of rotatable bonds is 4. The summed E-state index contributed by atoms with van der Waals surface area (Å²) in [7, 11) is 0. The molecule has 1 atom stereocenters. The Morgan fingerprint density at radius 3 is 2.75 bits per heavy atom. The molecular weight excluding hydrogens is 445 g/mol. The van der Waals surface area contributed by atoms with E-state index >= 15 is 0 Å². The summed E-state index contributed by atoms with van der Waals surface area (Å²) < 4.78 is 39.0. The van der Waals surface area contributed by atoms with Gasteiger partial charge >= 0.3 is 6.18 Å². The topological polar surface area (TPSA) is 77.2 Å². The molecule has 1 saturated heterocycles. The number of imidazole rings is 1. The second kappa shape index (κ2) is 8.50. The minimum Gasteiger partial charge on any atom is -0.352 e. The van der Waals surface area contributed by atoms with Gasteiger partial charge in [0.2, 0.25) is 11.9 Å². The summed E-state index contributed by atoms with van der Waals surface area (Å²) in [6.45, 7) is 5.64. The number of hydrogen-bond acceptors (Lipinski definition) is 5. The number of fused-ring (bicyclic) bond motifs is 1. The fraction of sp³-hybridized carbons (Fsp3) is 0.381. The molecule has 3 aromatic rings. The highest BCUT2D eigenvalue weighted by molar-refractivity contribution is 6.33. The normalized spacial score (nSPS) is 17.1. The molecule has 1 amide bonds. The monoisotopic (exact) mass is 466 g/mol. The van der Waals surface area contributed by atoms with Gasteiger partial charge < -0.3 is 20.1 Å². The Kier molecular flexibility index (Phi) is 5.89. The zero-order valence-electron chi connectivity index (χ0n) is 17.5. The van der Waals surface area contributed by atoms with Crippen LogP contribution in [0.4, 0.5) is 24.9 Å². The van der Waals surface area contributed by atoms with Crippen molar-refractivity contribution in [1.29, 1.82) is 0 Å². The van der Waals surface area contributed by atoms with Gasteiger partial charge in [0.1, 0.15) is 5.82 Å². The molecule has 11 heteroatoms. The summed E-state index contributed by atoms with van der Waals surface area (Å²) in [6.07, 6.45) is -2.71. The number of pyridine rings is 1. The molecule has 0 bridgehead atoms. The highest BCUT2D eigenvalue weighted by atomic mass is 35.5. The third-order valence-electron chi connectivity index (χ3n) is 5.42. The summed E-state index contributed by atoms with van der Waals surface area (Å²) in [5.41, 5.74) is 0.938. The smallest absolute Gasteiger partial charge is 0.352 e. The van der Waals surface area contributed by atoms with E-state index in [1.807, 2.05) is 11.8 Å². The number of halogens is 4. The van der Waals surface area contributed by atoms with Crippen LogP contribution < -0.4 is 15.1 Å². The molecule has 1 aromatic carbocycles. The number of piperazine rings is 1. The van der Waals surface area contributed by atoms with Crippen molar-refractivity contribution in [2.75, 3.05) is 29.4 Å². The van der Waals surface area contributed by atoms with Gasteiger partial charge in [-0.3, -0.25) is 4.79 Å². The van der Waals surface area contributed by atoms with Crippen molar-refractivity contribution in [3.63, 3.8) is 0 Å². The average Bonchev–Trinajstić information content (AvgIpc) is 3.14. The van der Waals surface area contributed by atoms with Gasteiger partial charge in [-0.2, -0.15) is 13.2 Å². The summed E-state index contributed by atoms with van der Waals surface area (Å²) in [5.74, 6) is 1.07. The first-order chi connectivity index (χ1) is 15.1. The van der Waals surface area contributed by atoms with Crippen LogP contribution in [0.5, 0.6) is 0 Å². The van der Waals surface area contributed by atoms with E-state index in [1.165, 1.54) is 13.0 Å². The van der Waals surface area contributed by atoms with Crippen molar-refractivity contribution in [2.45, 2.75) is 32.6 Å². The van der Waals surface area contributed by atoms with E-state index in [0.29, 0.717) is 54.0 Å². The van der Waals surface area contributed by atoms with Crippen LogP contribution in [0.25, 0.3) is 11.0 Å². The number of aromatic nitrogens is 3. The van der Waals surface area contributed by atoms with Gasteiger partial charge in [0.05, 0.1) is 21.6 Å². The number of amides is 1. The maximum atomic E-state index is 13.0. The van der Waals surface area contributed by atoms with Crippen LogP contribution >= 0.6 is 11.6 Å². The molecule has 2 N–H and O–H groups in total. The van der Waals surface area contributed by atoms with Crippen molar-refractivity contribution in [1.82, 2.24) is 20.3 Å². The maximum absolute atomic E-state index is 13.0. The van der Waals surface area contributed by atoms with Crippen LogP contribution in [0, 0.1) is 0 Å². The van der Waals surface area contributed by atoms with E-state index in [1.54, 1.807) is 12.3 Å². The maximum Gasteiger partial charge on any atom is 0.416 e. The predicted molar refractivity (Wildman–Crippen MR) is 117 cm³/mol. The van der Waals surface area contributed by atoms with Crippen LogP contribution in [0.3, 0.4) is 0 Å². The quantitative estimate of drug-likeness (QED) is 0.608. The lowest BCUT2D eigenvalue weighted by atomic mass is 10.2. The first-order valence-corrected chi connectivity index (χ1v) is 10.5. The largest absolute Gasteiger partial charge is 0.416 e. The number of anilines is 2. The molecule has 1 aliphatic rings. The number of nitrogens with zero attached hydrogens (tertiary/aromatic N) is 4. The van der Waals surface area contributed by atoms with Crippen molar-refractivity contribution in [3.8, 4) is 0 Å². The Morgan fingerprint density at radius 1 is 1.31 bits per heavy atom. The third kappa shape index (κ3) is 4.59. The number of benzene rings is 1. The van der Waals surface area contributed by atoms with Gasteiger partial charge in [-0.25, -0.2) is 9.97 Å². The minimum absolute atomic E-state index is 0.0170. The molecule has 0 spiro atoms. The fourth-order valence-corrected chi connectivity index (χ4v) is 4.11. The Hall–Kier alpha value is -3.01. The molecule has 170 valence electrons. The van der Waals surface area contributed by atoms with E-state index in [0.717, 1.165) is 17.7 Å². The van der Waals surface area contributed by atoms with Crippen LogP contribution in [0.1, 0.15) is 25.0 Å². The molecule has 1 fully saturated rings. The zero-order valence-corrected chi connectivity index (χ0v) is 18.3. The minimum atomic E-state index is -4.40. The number of nitrogens with one attached hydrogen (secondary N) is 2. The zero-order chi connectivity index (χ0) is 23.0. The molecule has 0 aliphatic carbocycles. The molecule has 4 rings (SSSR count). The summed E-state index contributed by atoms with van der Waals surface area (Å²) in [6, 6.07) is 5.30. The van der Waals surface area contributed by atoms with E-state index in [9.17, 15) is 18.0 Å². The first-order valence-electron chi connectivity index (χ1n) is 10.1. The average molecular weight is 467 g/mol. The molecule has 0 saturated carbocycles. The summed E-state index contributed by atoms with van der Waals surface area (Å²) >= 11 is 6.44. The Labute approximate surface area is 187 Å². The van der Waals surface area contributed by atoms with Crippen LogP contribution in [0.2, 0.25) is 5.02 Å². The van der Waals surface area contributed by atoms with Crippen LogP contribution in [-0.4, -0.2) is 46.5 Å². The SMILES string of the molecule is CC(=O)NCc1cnc(N2CCN(c3nc4ccc(C(F)(F)F)cc4[nH]3)C(C)C2)c(Cl)c1. The number of H-pyrrole nitrogens is 1. The van der Waals surface area contributed by atoms with E-state index < -0.39 is 11.7 Å². The fourth-order valence-electron chi connectivity index (χ4n) is 3.80. The van der Waals surface area contributed by atoms with Crippen molar-refractivity contribution in [3.05, 3.63) is 46.6 Å². The standard InChI is InChI=1S/C21H22ClF3N6O/c1-12-11-30(19-16(22)7-14(10-27-19)9-26-13(2)32)5-6-31(12)20-28-17-4-3-15(21(23,24)25)8-18(17)29-20/h3-4,7-8,10,12H,5-6,9,11H2,1-2H3,(H,26,32)(H,28,29). The summed E-state index contributed by atoms with van der Waals surface area (Å²) in [4.78, 5) is 27.2. The third-order valence-corrected chi connectivity index (χ3v) is 5.69. The van der Waals surface area contributed by atoms with Gasteiger partial charge in [-0.1, -0.05) is 11.6 Å². The molecule has 32 heavy (non-hydrogen) atoms. The second-order valence-electron chi connectivity index (χ2n) is 7.84. The van der Waals surface area contributed by atoms with Crippen LogP contribution in [-0.2, 0) is 17.5 Å². The lowest BCUT2D eigenvalue weighted by molar-refractivity contribution is -0.137. The number of aromatic amines is 1. The molecule has 1 aliphatic heterocycles. The highest BCUT2D eigenvalue weighted by Crippen LogP contribution is 2.32. The van der Waals surface area contributed by atoms with Gasteiger partial charge in [0.15, 0.2) is 0 Å².